The number of alkyl halides is 2. The Bertz CT molecular complexity index is 1650. The van der Waals surface area contributed by atoms with E-state index in [4.69, 9.17) is 14.9 Å². The van der Waals surface area contributed by atoms with Gasteiger partial charge in [0.1, 0.15) is 28.0 Å². The van der Waals surface area contributed by atoms with E-state index in [9.17, 15) is 18.6 Å². The van der Waals surface area contributed by atoms with Crippen molar-refractivity contribution in [2.24, 2.45) is 0 Å². The van der Waals surface area contributed by atoms with E-state index in [1.807, 2.05) is 13.8 Å². The Morgan fingerprint density at radius 3 is 2.22 bits per heavy atom. The van der Waals surface area contributed by atoms with Gasteiger partial charge < -0.3 is 24.8 Å². The van der Waals surface area contributed by atoms with Crippen molar-refractivity contribution >= 4 is 47.0 Å². The zero-order chi connectivity index (χ0) is 37.1. The second-order valence-electron chi connectivity index (χ2n) is 14.7. The van der Waals surface area contributed by atoms with E-state index in [0.717, 1.165) is 6.07 Å². The third-order valence-corrected chi connectivity index (χ3v) is 15.2. The number of benzene rings is 2. The Labute approximate surface area is 300 Å². The highest BCUT2D eigenvalue weighted by Gasteiger charge is 2.43. The number of nitriles is 1. The molecular formula is C34H46BrF3N6O3SSi. The van der Waals surface area contributed by atoms with Crippen LogP contribution in [0.2, 0.25) is 18.1 Å². The molecule has 0 radical (unpaired) electrons. The Kier molecular flexibility index (Phi) is 12.9. The average Bonchev–Trinajstić information content (AvgIpc) is 2.96. The molecule has 0 bridgehead atoms. The molecule has 0 aliphatic rings. The molecule has 1 aromatic heterocycles. The summed E-state index contributed by atoms with van der Waals surface area (Å²) in [6.07, 6.45) is 2.96. The number of ether oxygens (including phenoxy) is 1. The number of hydrogen-bond donors (Lipinski definition) is 3. The van der Waals surface area contributed by atoms with E-state index >= 15 is 4.39 Å². The van der Waals surface area contributed by atoms with E-state index in [0.29, 0.717) is 15.9 Å². The monoisotopic (exact) mass is 782 g/mol. The molecular weight excluding hydrogens is 737 g/mol. The molecule has 49 heavy (non-hydrogen) atoms. The highest BCUT2D eigenvalue weighted by atomic mass is 79.9. The third kappa shape index (κ3) is 10.3. The van der Waals surface area contributed by atoms with Crippen LogP contribution < -0.4 is 20.5 Å². The maximum atomic E-state index is 15.5. The summed E-state index contributed by atoms with van der Waals surface area (Å²) in [6, 6.07) is 7.35. The molecule has 15 heteroatoms. The van der Waals surface area contributed by atoms with Crippen LogP contribution in [0.5, 0.6) is 5.75 Å². The summed E-state index contributed by atoms with van der Waals surface area (Å²) in [6.45, 7) is 16.7. The lowest BCUT2D eigenvalue weighted by atomic mass is 9.97. The van der Waals surface area contributed by atoms with Crippen LogP contribution in [0.3, 0.4) is 0 Å². The molecule has 1 heterocycles. The number of nitrogens with one attached hydrogen (secondary N) is 2. The van der Waals surface area contributed by atoms with Crippen LogP contribution in [0.15, 0.2) is 47.2 Å². The lowest BCUT2D eigenvalue weighted by Crippen LogP contribution is -2.46. The molecule has 3 rings (SSSR count). The van der Waals surface area contributed by atoms with Crippen molar-refractivity contribution in [3.8, 4) is 22.9 Å². The lowest BCUT2D eigenvalue weighted by Gasteiger charge is -2.42. The van der Waals surface area contributed by atoms with E-state index in [-0.39, 0.29) is 39.7 Å². The van der Waals surface area contributed by atoms with Gasteiger partial charge in [0, 0.05) is 51.3 Å². The van der Waals surface area contributed by atoms with E-state index in [1.165, 1.54) is 30.6 Å². The molecule has 4 N–H and O–H groups in total. The van der Waals surface area contributed by atoms with Gasteiger partial charge in [-0.25, -0.2) is 14.4 Å². The molecule has 0 aliphatic heterocycles. The van der Waals surface area contributed by atoms with Crippen molar-refractivity contribution in [3.63, 3.8) is 0 Å². The summed E-state index contributed by atoms with van der Waals surface area (Å²) in [4.78, 5) is 9.09. The minimum atomic E-state index is -3.13. The summed E-state index contributed by atoms with van der Waals surface area (Å²) in [5, 5.41) is 13.2. The first-order valence-electron chi connectivity index (χ1n) is 15.7. The molecule has 0 spiro atoms. The van der Waals surface area contributed by atoms with Gasteiger partial charge in [0.2, 0.25) is 0 Å². The van der Waals surface area contributed by atoms with Gasteiger partial charge >= 0.3 is 6.61 Å². The predicted molar refractivity (Wildman–Crippen MR) is 195 cm³/mol. The van der Waals surface area contributed by atoms with Crippen LogP contribution in [0.4, 0.5) is 24.5 Å². The van der Waals surface area contributed by atoms with Crippen LogP contribution in [0, 0.1) is 17.1 Å². The third-order valence-electron chi connectivity index (χ3n) is 8.30. The number of rotatable bonds is 13. The van der Waals surface area contributed by atoms with Gasteiger partial charge in [-0.05, 0) is 77.0 Å². The van der Waals surface area contributed by atoms with Crippen LogP contribution >= 0.6 is 15.9 Å². The van der Waals surface area contributed by atoms with Crippen molar-refractivity contribution in [3.05, 3.63) is 64.4 Å². The molecule has 0 saturated carbocycles. The summed E-state index contributed by atoms with van der Waals surface area (Å²) in [5.74, 6) is -0.339. The minimum absolute atomic E-state index is 0.0239. The first-order valence-corrected chi connectivity index (χ1v) is 20.5. The summed E-state index contributed by atoms with van der Waals surface area (Å²) < 4.78 is 69.4. The zero-order valence-corrected chi connectivity index (χ0v) is 32.9. The van der Waals surface area contributed by atoms with Gasteiger partial charge in [-0.3, -0.25) is 0 Å². The van der Waals surface area contributed by atoms with E-state index < -0.39 is 54.5 Å². The van der Waals surface area contributed by atoms with Gasteiger partial charge in [-0.1, -0.05) is 42.8 Å². The molecule has 3 atom stereocenters. The summed E-state index contributed by atoms with van der Waals surface area (Å²) >= 11 is 1.81. The number of aromatic nitrogens is 2. The fraction of sp³-hybridized carbons (Fsp3) is 0.500. The smallest absolute Gasteiger partial charge is 0.387 e. The highest BCUT2D eigenvalue weighted by molar-refractivity contribution is 9.10. The summed E-state index contributed by atoms with van der Waals surface area (Å²) in [5.41, 5.74) is 6.51. The van der Waals surface area contributed by atoms with Crippen LogP contribution in [0.1, 0.15) is 79.2 Å². The van der Waals surface area contributed by atoms with Crippen molar-refractivity contribution < 1.29 is 26.9 Å². The molecule has 0 amide bonds. The van der Waals surface area contributed by atoms with Gasteiger partial charge in [0.25, 0.3) is 0 Å². The highest BCUT2D eigenvalue weighted by Crippen LogP contribution is 2.42. The molecule has 268 valence electrons. The second-order valence-corrected chi connectivity index (χ2v) is 22.3. The average molecular weight is 784 g/mol. The minimum Gasteiger partial charge on any atom is -0.598 e. The molecule has 9 nitrogen and oxygen atoms in total. The van der Waals surface area contributed by atoms with Gasteiger partial charge in [-0.15, -0.1) is 4.72 Å². The largest absolute Gasteiger partial charge is 0.598 e. The standard InChI is InChI=1S/C34H46BrF3N6O3SSi/c1-32(2,3)48(45)44-21(17-39)14-27(29-23(35)12-11-13-28(29)46-31(37)38)43-26-15-22(24(36)16-25(26)40)20-18-41-30(42-19-20)34(7,8)47-49(9,10)33(4,5)6/h11-13,15-16,18-19,21,27,31,43-44H,14,40H2,1-10H3/t21?,27-,48?/m1/s1. The van der Waals surface area contributed by atoms with E-state index in [2.05, 4.69) is 75.9 Å². The molecule has 2 unspecified atom stereocenters. The Morgan fingerprint density at radius 1 is 1.08 bits per heavy atom. The predicted octanol–water partition coefficient (Wildman–Crippen LogP) is 8.97. The van der Waals surface area contributed by atoms with Crippen molar-refractivity contribution in [2.75, 3.05) is 11.1 Å². The molecule has 0 fully saturated rings. The maximum absolute atomic E-state index is 15.5. The Balaban J connectivity index is 2.06. The van der Waals surface area contributed by atoms with E-state index in [1.54, 1.807) is 26.8 Å². The molecule has 2 aromatic carbocycles. The first kappa shape index (κ1) is 40.6. The Hall–Kier alpha value is -2.87. The van der Waals surface area contributed by atoms with Crippen LogP contribution in [0.25, 0.3) is 11.1 Å². The number of nitrogens with two attached hydrogens (primary N) is 1. The number of anilines is 2. The van der Waals surface area contributed by atoms with Gasteiger partial charge in [-0.2, -0.15) is 14.0 Å². The topological polar surface area (TPSA) is 141 Å². The fourth-order valence-corrected chi connectivity index (χ4v) is 7.77. The zero-order valence-electron chi connectivity index (χ0n) is 29.5. The SMILES string of the molecule is CC(C)(O[Si](C)(C)C(C)(C)C)c1ncc(-c2cc(N[C@H](CC(C#N)N[S+]([O-])C(C)(C)C)c3c(Br)cccc3OC(F)F)c(N)cc2F)cn1. The normalized spacial score (nSPS) is 14.7. The number of nitrogens with zero attached hydrogens (tertiary/aromatic N) is 3. The second kappa shape index (κ2) is 15.6. The quantitative estimate of drug-likeness (QED) is 0.0880. The molecule has 0 aliphatic carbocycles. The molecule has 0 saturated heterocycles. The maximum Gasteiger partial charge on any atom is 0.387 e. The fourth-order valence-electron chi connectivity index (χ4n) is 4.71. The van der Waals surface area contributed by atoms with Crippen molar-refractivity contribution in [2.45, 2.75) is 109 Å². The number of halogens is 4. The lowest BCUT2D eigenvalue weighted by molar-refractivity contribution is -0.0506. The van der Waals surface area contributed by atoms with Crippen molar-refractivity contribution in [1.82, 2.24) is 14.7 Å². The number of nitrogen functional groups attached to an aromatic ring is 1. The first-order chi connectivity index (χ1) is 22.5. The van der Waals surface area contributed by atoms with Crippen LogP contribution in [-0.2, 0) is 21.4 Å². The van der Waals surface area contributed by atoms with Crippen LogP contribution in [-0.4, -0.2) is 40.2 Å². The number of hydrogen-bond acceptors (Lipinski definition) is 9. The molecule has 3 aromatic rings. The Morgan fingerprint density at radius 2 is 1.69 bits per heavy atom. The van der Waals surface area contributed by atoms with Crippen molar-refractivity contribution in [1.29, 1.82) is 5.26 Å². The van der Waals surface area contributed by atoms with Gasteiger partial charge in [0.15, 0.2) is 14.1 Å². The summed E-state index contributed by atoms with van der Waals surface area (Å²) in [7, 11) is -2.18. The van der Waals surface area contributed by atoms with Gasteiger partial charge in [0.05, 0.1) is 23.5 Å².